The summed E-state index contributed by atoms with van der Waals surface area (Å²) in [6.07, 6.45) is 5.86. The lowest BCUT2D eigenvalue weighted by Gasteiger charge is -2.28. The highest BCUT2D eigenvalue weighted by atomic mass is 127. The first kappa shape index (κ1) is 17.4. The van der Waals surface area contributed by atoms with E-state index in [1.54, 1.807) is 6.92 Å². The minimum atomic E-state index is -1.06. The molecule has 22 heavy (non-hydrogen) atoms. The maximum absolute atomic E-state index is 12.5. The number of hydrogen-bond donors (Lipinski definition) is 0. The lowest BCUT2D eigenvalue weighted by atomic mass is 9.68. The van der Waals surface area contributed by atoms with Crippen LogP contribution in [0.25, 0.3) is 0 Å². The first-order valence-corrected chi connectivity index (χ1v) is 8.59. The highest BCUT2D eigenvalue weighted by Crippen LogP contribution is 2.61. The van der Waals surface area contributed by atoms with Crippen molar-refractivity contribution in [3.8, 4) is 0 Å². The predicted molar refractivity (Wildman–Crippen MR) is 95.6 cm³/mol. The number of rotatable bonds is 3. The topological polar surface area (TPSA) is 43.4 Å². The van der Waals surface area contributed by atoms with E-state index in [9.17, 15) is 9.59 Å². The van der Waals surface area contributed by atoms with Gasteiger partial charge < -0.3 is 4.74 Å². The summed E-state index contributed by atoms with van der Waals surface area (Å²) >= 11 is 2.28. The van der Waals surface area contributed by atoms with Gasteiger partial charge in [0.15, 0.2) is 5.78 Å². The molecule has 0 spiro atoms. The number of hydrogen-bond acceptors (Lipinski definition) is 3. The van der Waals surface area contributed by atoms with Crippen molar-refractivity contribution in [3.63, 3.8) is 0 Å². The summed E-state index contributed by atoms with van der Waals surface area (Å²) in [5.41, 5.74) is 0.552. The summed E-state index contributed by atoms with van der Waals surface area (Å²) in [5, 5.41) is 0. The average molecular weight is 414 g/mol. The lowest BCUT2D eigenvalue weighted by molar-refractivity contribution is -0.161. The number of ketones is 1. The molecule has 2 aliphatic rings. The van der Waals surface area contributed by atoms with Crippen molar-refractivity contribution in [3.05, 3.63) is 33.0 Å². The Bertz CT molecular complexity index is 624. The fraction of sp³-hybridized carbons (Fsp3) is 0.556. The fourth-order valence-electron chi connectivity index (χ4n) is 3.90. The van der Waals surface area contributed by atoms with E-state index in [0.717, 1.165) is 11.1 Å². The summed E-state index contributed by atoms with van der Waals surface area (Å²) in [6, 6.07) is 0. The van der Waals surface area contributed by atoms with E-state index in [1.807, 2.05) is 40.7 Å². The second-order valence-electron chi connectivity index (χ2n) is 6.89. The second kappa shape index (κ2) is 5.62. The molecule has 1 saturated heterocycles. The zero-order chi connectivity index (χ0) is 16.9. The number of esters is 1. The van der Waals surface area contributed by atoms with Crippen molar-refractivity contribution < 1.29 is 14.3 Å². The van der Waals surface area contributed by atoms with Gasteiger partial charge in [-0.15, -0.1) is 0 Å². The molecule has 2 bridgehead atoms. The minimum Gasteiger partial charge on any atom is -0.460 e. The van der Waals surface area contributed by atoms with Crippen LogP contribution in [0.4, 0.5) is 0 Å². The molecule has 2 rings (SSSR count). The summed E-state index contributed by atoms with van der Waals surface area (Å²) in [4.78, 5) is 24.7. The number of carbonyl (C=O) groups excluding carboxylic acids is 2. The van der Waals surface area contributed by atoms with Gasteiger partial charge in [0, 0.05) is 5.41 Å². The number of halogens is 1. The van der Waals surface area contributed by atoms with Crippen LogP contribution in [0, 0.1) is 16.7 Å². The third kappa shape index (κ3) is 2.39. The van der Waals surface area contributed by atoms with Gasteiger partial charge >= 0.3 is 5.97 Å². The Morgan fingerprint density at radius 1 is 1.14 bits per heavy atom. The first-order chi connectivity index (χ1) is 10.0. The van der Waals surface area contributed by atoms with Gasteiger partial charge in [0.25, 0.3) is 0 Å². The molecule has 4 atom stereocenters. The third-order valence-corrected chi connectivity index (χ3v) is 5.39. The second-order valence-corrected chi connectivity index (χ2v) is 8.60. The van der Waals surface area contributed by atoms with Crippen molar-refractivity contribution in [2.24, 2.45) is 16.7 Å². The van der Waals surface area contributed by atoms with Crippen LogP contribution < -0.4 is 0 Å². The Balaban J connectivity index is 2.44. The van der Waals surface area contributed by atoms with Crippen LogP contribution in [0.2, 0.25) is 0 Å². The average Bonchev–Trinajstić information content (AvgIpc) is 2.63. The molecule has 1 aliphatic heterocycles. The van der Waals surface area contributed by atoms with Gasteiger partial charge in [0.1, 0.15) is 11.5 Å². The van der Waals surface area contributed by atoms with Crippen molar-refractivity contribution in [1.29, 1.82) is 0 Å². The number of fused-ring (bicyclic) bond motifs is 2. The van der Waals surface area contributed by atoms with Crippen LogP contribution in [-0.4, -0.2) is 17.9 Å². The zero-order valence-corrected chi connectivity index (χ0v) is 16.1. The van der Waals surface area contributed by atoms with Crippen LogP contribution in [0.15, 0.2) is 33.0 Å². The lowest BCUT2D eigenvalue weighted by Crippen LogP contribution is -2.41. The van der Waals surface area contributed by atoms with Gasteiger partial charge in [0.05, 0.1) is 5.92 Å². The van der Waals surface area contributed by atoms with E-state index in [-0.39, 0.29) is 23.8 Å². The van der Waals surface area contributed by atoms with E-state index < -0.39 is 10.8 Å². The number of carbonyl (C=O) groups is 2. The van der Waals surface area contributed by atoms with Gasteiger partial charge in [-0.1, -0.05) is 43.2 Å². The summed E-state index contributed by atoms with van der Waals surface area (Å²) < 4.78 is 6.70. The van der Waals surface area contributed by atoms with Crippen molar-refractivity contribution in [2.45, 2.75) is 47.6 Å². The van der Waals surface area contributed by atoms with Crippen LogP contribution >= 0.6 is 22.6 Å². The van der Waals surface area contributed by atoms with Gasteiger partial charge in [0.2, 0.25) is 0 Å². The van der Waals surface area contributed by atoms with E-state index in [1.165, 1.54) is 3.58 Å². The molecule has 0 radical (unpaired) electrons. The largest absolute Gasteiger partial charge is 0.460 e. The minimum absolute atomic E-state index is 0.00371. The molecule has 1 saturated carbocycles. The van der Waals surface area contributed by atoms with Crippen LogP contribution in [0.5, 0.6) is 0 Å². The van der Waals surface area contributed by atoms with E-state index in [2.05, 4.69) is 34.7 Å². The molecule has 0 aromatic heterocycles. The summed E-state index contributed by atoms with van der Waals surface area (Å²) in [7, 11) is 0. The monoisotopic (exact) mass is 414 g/mol. The molecule has 3 unspecified atom stereocenters. The third-order valence-electron chi connectivity index (χ3n) is 5.08. The highest BCUT2D eigenvalue weighted by molar-refractivity contribution is 14.1. The molecular formula is C18H23IO3. The quantitative estimate of drug-likeness (QED) is 0.298. The van der Waals surface area contributed by atoms with E-state index >= 15 is 0 Å². The summed E-state index contributed by atoms with van der Waals surface area (Å²) in [6.45, 7) is 11.7. The smallest absolute Gasteiger partial charge is 0.320 e. The molecule has 0 aromatic carbocycles. The molecule has 0 N–H and O–H groups in total. The van der Waals surface area contributed by atoms with Gasteiger partial charge in [-0.3, -0.25) is 9.59 Å². The van der Waals surface area contributed by atoms with Crippen molar-refractivity contribution >= 4 is 34.3 Å². The van der Waals surface area contributed by atoms with Gasteiger partial charge in [-0.25, -0.2) is 0 Å². The molecule has 1 aliphatic carbocycles. The van der Waals surface area contributed by atoms with E-state index in [4.69, 9.17) is 4.74 Å². The van der Waals surface area contributed by atoms with Crippen molar-refractivity contribution in [1.82, 2.24) is 0 Å². The van der Waals surface area contributed by atoms with Crippen LogP contribution in [0.3, 0.4) is 0 Å². The molecule has 120 valence electrons. The molecule has 2 fully saturated rings. The van der Waals surface area contributed by atoms with Crippen molar-refractivity contribution in [2.75, 3.05) is 0 Å². The molecular weight excluding hydrogens is 391 g/mol. The predicted octanol–water partition coefficient (Wildman–Crippen LogP) is 4.37. The molecule has 0 amide bonds. The molecule has 1 heterocycles. The van der Waals surface area contributed by atoms with Gasteiger partial charge in [-0.05, 0) is 53.9 Å². The zero-order valence-electron chi connectivity index (χ0n) is 14.0. The highest BCUT2D eigenvalue weighted by Gasteiger charge is 2.73. The number of allylic oxidation sites excluding steroid dienone is 5. The Morgan fingerprint density at radius 2 is 1.73 bits per heavy atom. The standard InChI is InChI=1S/C18H23IO3/c1-10(8-12(3)19)7-11(2)9-17(5)15-13(4)14(20)18(17,6)16(21)22-15/h7-9,13,15H,1-6H3/b10-7+,11-9+,12-8-/t13?,15?,17?,18-/m1/s1. The van der Waals surface area contributed by atoms with Crippen LogP contribution in [0.1, 0.15) is 41.5 Å². The maximum Gasteiger partial charge on any atom is 0.320 e. The molecule has 3 nitrogen and oxygen atoms in total. The molecule has 0 aromatic rings. The Morgan fingerprint density at radius 3 is 2.23 bits per heavy atom. The first-order valence-electron chi connectivity index (χ1n) is 7.51. The van der Waals surface area contributed by atoms with E-state index in [0.29, 0.717) is 0 Å². The fourth-order valence-corrected chi connectivity index (χ4v) is 4.39. The molecule has 4 heteroatoms. The normalized spacial score (nSPS) is 39.5. The van der Waals surface area contributed by atoms with Gasteiger partial charge in [-0.2, -0.15) is 0 Å². The van der Waals surface area contributed by atoms with Crippen LogP contribution in [-0.2, 0) is 14.3 Å². The Kier molecular flexibility index (Phi) is 4.46. The number of Topliss-reactive ketones (excluding diaryl/α,β-unsaturated/α-hetero) is 1. The summed E-state index contributed by atoms with van der Waals surface area (Å²) in [5.74, 6) is -0.613. The Hall–Kier alpha value is -0.910. The number of ether oxygens (including phenoxy) is 1. The Labute approximate surface area is 146 Å². The SMILES string of the molecule is C/C(I)=C/C(C)=C/C(C)=C/C1(C)C2OC(=O)[C@@]1(C)C(=O)C2C. The maximum atomic E-state index is 12.5.